The second kappa shape index (κ2) is 3.96. The van der Waals surface area contributed by atoms with Gasteiger partial charge in [-0.1, -0.05) is 6.07 Å². The molecule has 0 radical (unpaired) electrons. The van der Waals surface area contributed by atoms with Crippen LogP contribution in [0.15, 0.2) is 23.0 Å². The van der Waals surface area contributed by atoms with Crippen molar-refractivity contribution >= 4 is 0 Å². The van der Waals surface area contributed by atoms with Gasteiger partial charge in [-0.2, -0.15) is 0 Å². The summed E-state index contributed by atoms with van der Waals surface area (Å²) < 4.78 is 1.77. The van der Waals surface area contributed by atoms with Crippen LogP contribution in [0.25, 0.3) is 0 Å². The number of nitrogens with zero attached hydrogens (tertiary/aromatic N) is 1. The highest BCUT2D eigenvalue weighted by atomic mass is 16.1. The standard InChI is InChI=1S/C11H16N2O/c1-13-10(3-2-4-11(13)14)9-5-7-12-8-6-9/h2-4,9,12H,5-8H2,1H3. The van der Waals surface area contributed by atoms with Gasteiger partial charge < -0.3 is 9.88 Å². The highest BCUT2D eigenvalue weighted by molar-refractivity contribution is 5.12. The van der Waals surface area contributed by atoms with Gasteiger partial charge >= 0.3 is 0 Å². The van der Waals surface area contributed by atoms with Gasteiger partial charge in [0.05, 0.1) is 0 Å². The van der Waals surface area contributed by atoms with E-state index in [9.17, 15) is 4.79 Å². The van der Waals surface area contributed by atoms with E-state index in [2.05, 4.69) is 11.4 Å². The third kappa shape index (κ3) is 1.73. The summed E-state index contributed by atoms with van der Waals surface area (Å²) in [6.45, 7) is 2.13. The van der Waals surface area contributed by atoms with Crippen LogP contribution in [0.4, 0.5) is 0 Å². The predicted octanol–water partition coefficient (Wildman–Crippen LogP) is 0.852. The lowest BCUT2D eigenvalue weighted by Crippen LogP contribution is -2.30. The molecule has 1 N–H and O–H groups in total. The monoisotopic (exact) mass is 192 g/mol. The van der Waals surface area contributed by atoms with E-state index in [4.69, 9.17) is 0 Å². The summed E-state index contributed by atoms with van der Waals surface area (Å²) in [6, 6.07) is 5.54. The van der Waals surface area contributed by atoms with E-state index in [0.717, 1.165) is 25.9 Å². The van der Waals surface area contributed by atoms with Gasteiger partial charge in [-0.25, -0.2) is 0 Å². The van der Waals surface area contributed by atoms with Crippen LogP contribution < -0.4 is 10.9 Å². The SMILES string of the molecule is Cn1c(C2CCNCC2)cccc1=O. The largest absolute Gasteiger partial charge is 0.317 e. The molecule has 0 amide bonds. The summed E-state index contributed by atoms with van der Waals surface area (Å²) >= 11 is 0. The molecule has 0 unspecified atom stereocenters. The number of aromatic nitrogens is 1. The Kier molecular flexibility index (Phi) is 2.68. The Bertz CT molecular complexity index is 364. The summed E-state index contributed by atoms with van der Waals surface area (Å²) in [5.41, 5.74) is 1.28. The van der Waals surface area contributed by atoms with Crippen molar-refractivity contribution in [2.24, 2.45) is 7.05 Å². The molecule has 76 valence electrons. The molecule has 14 heavy (non-hydrogen) atoms. The second-order valence-electron chi connectivity index (χ2n) is 3.87. The minimum atomic E-state index is 0.0982. The van der Waals surface area contributed by atoms with E-state index in [1.54, 1.807) is 10.6 Å². The summed E-state index contributed by atoms with van der Waals surface area (Å²) in [7, 11) is 1.86. The zero-order valence-corrected chi connectivity index (χ0v) is 8.49. The second-order valence-corrected chi connectivity index (χ2v) is 3.87. The fourth-order valence-corrected chi connectivity index (χ4v) is 2.11. The van der Waals surface area contributed by atoms with Gasteiger partial charge in [0.15, 0.2) is 0 Å². The third-order valence-corrected chi connectivity index (χ3v) is 2.98. The molecule has 2 heterocycles. The lowest BCUT2D eigenvalue weighted by molar-refractivity contribution is 0.442. The van der Waals surface area contributed by atoms with Gasteiger partial charge in [-0.05, 0) is 32.0 Å². The van der Waals surface area contributed by atoms with E-state index in [1.807, 2.05) is 13.1 Å². The van der Waals surface area contributed by atoms with Gasteiger partial charge in [0.1, 0.15) is 0 Å². The van der Waals surface area contributed by atoms with Gasteiger partial charge in [-0.15, -0.1) is 0 Å². The summed E-state index contributed by atoms with van der Waals surface area (Å²) in [6.07, 6.45) is 2.27. The molecular formula is C11H16N2O. The Balaban J connectivity index is 2.30. The fourth-order valence-electron chi connectivity index (χ4n) is 2.11. The van der Waals surface area contributed by atoms with Gasteiger partial charge in [0, 0.05) is 24.7 Å². The number of rotatable bonds is 1. The van der Waals surface area contributed by atoms with Crippen molar-refractivity contribution in [3.05, 3.63) is 34.2 Å². The topological polar surface area (TPSA) is 34.0 Å². The average molecular weight is 192 g/mol. The lowest BCUT2D eigenvalue weighted by Gasteiger charge is -2.24. The Morgan fingerprint density at radius 1 is 1.36 bits per heavy atom. The van der Waals surface area contributed by atoms with Crippen molar-refractivity contribution in [1.29, 1.82) is 0 Å². The van der Waals surface area contributed by atoms with Crippen molar-refractivity contribution in [1.82, 2.24) is 9.88 Å². The minimum absolute atomic E-state index is 0.0982. The highest BCUT2D eigenvalue weighted by Crippen LogP contribution is 2.23. The van der Waals surface area contributed by atoms with Crippen molar-refractivity contribution in [2.45, 2.75) is 18.8 Å². The summed E-state index contributed by atoms with van der Waals surface area (Å²) in [5.74, 6) is 0.551. The smallest absolute Gasteiger partial charge is 0.250 e. The van der Waals surface area contributed by atoms with Crippen LogP contribution >= 0.6 is 0 Å². The quantitative estimate of drug-likeness (QED) is 0.716. The maximum atomic E-state index is 11.4. The Labute approximate surface area is 83.8 Å². The first-order valence-corrected chi connectivity index (χ1v) is 5.15. The first kappa shape index (κ1) is 9.46. The molecule has 1 aliphatic heterocycles. The van der Waals surface area contributed by atoms with Gasteiger partial charge in [-0.3, -0.25) is 4.79 Å². The third-order valence-electron chi connectivity index (χ3n) is 2.98. The number of pyridine rings is 1. The van der Waals surface area contributed by atoms with Crippen molar-refractivity contribution in [3.8, 4) is 0 Å². The van der Waals surface area contributed by atoms with Crippen LogP contribution in [0.3, 0.4) is 0 Å². The highest BCUT2D eigenvalue weighted by Gasteiger charge is 2.16. The van der Waals surface area contributed by atoms with E-state index in [-0.39, 0.29) is 5.56 Å². The molecule has 0 aliphatic carbocycles. The first-order chi connectivity index (χ1) is 6.79. The van der Waals surface area contributed by atoms with Crippen LogP contribution in [0.2, 0.25) is 0 Å². The van der Waals surface area contributed by atoms with Gasteiger partial charge in [0.25, 0.3) is 0 Å². The maximum Gasteiger partial charge on any atom is 0.250 e. The molecule has 0 aromatic carbocycles. The van der Waals surface area contributed by atoms with Crippen molar-refractivity contribution in [3.63, 3.8) is 0 Å². The summed E-state index contributed by atoms with van der Waals surface area (Å²) in [5, 5.41) is 3.33. The molecule has 1 fully saturated rings. The average Bonchev–Trinajstić information content (AvgIpc) is 2.23. The Morgan fingerprint density at radius 3 is 2.79 bits per heavy atom. The van der Waals surface area contributed by atoms with Crippen LogP contribution in [0.5, 0.6) is 0 Å². The Hall–Kier alpha value is -1.09. The fraction of sp³-hybridized carbons (Fsp3) is 0.545. The molecule has 2 rings (SSSR count). The molecule has 3 heteroatoms. The van der Waals surface area contributed by atoms with E-state index in [0.29, 0.717) is 5.92 Å². The first-order valence-electron chi connectivity index (χ1n) is 5.15. The summed E-state index contributed by atoms with van der Waals surface area (Å²) in [4.78, 5) is 11.4. The molecule has 1 aromatic rings. The molecule has 3 nitrogen and oxygen atoms in total. The van der Waals surface area contributed by atoms with Crippen LogP contribution in [0.1, 0.15) is 24.5 Å². The molecule has 1 aromatic heterocycles. The number of piperidine rings is 1. The predicted molar refractivity (Wildman–Crippen MR) is 56.5 cm³/mol. The van der Waals surface area contributed by atoms with E-state index < -0.39 is 0 Å². The van der Waals surface area contributed by atoms with Crippen molar-refractivity contribution < 1.29 is 0 Å². The van der Waals surface area contributed by atoms with Crippen LogP contribution in [-0.2, 0) is 7.05 Å². The van der Waals surface area contributed by atoms with Crippen LogP contribution in [-0.4, -0.2) is 17.7 Å². The molecular weight excluding hydrogens is 176 g/mol. The molecule has 1 saturated heterocycles. The zero-order valence-electron chi connectivity index (χ0n) is 8.49. The lowest BCUT2D eigenvalue weighted by atomic mass is 9.94. The van der Waals surface area contributed by atoms with E-state index >= 15 is 0 Å². The van der Waals surface area contributed by atoms with Gasteiger partial charge in [0.2, 0.25) is 5.56 Å². The number of hydrogen-bond donors (Lipinski definition) is 1. The van der Waals surface area contributed by atoms with Crippen molar-refractivity contribution in [2.75, 3.05) is 13.1 Å². The normalized spacial score (nSPS) is 18.4. The van der Waals surface area contributed by atoms with E-state index in [1.165, 1.54) is 5.69 Å². The molecule has 1 aliphatic rings. The maximum absolute atomic E-state index is 11.4. The van der Waals surface area contributed by atoms with Crippen LogP contribution in [0, 0.1) is 0 Å². The molecule has 0 atom stereocenters. The molecule has 0 spiro atoms. The molecule has 0 saturated carbocycles. The number of nitrogens with one attached hydrogen (secondary N) is 1. The minimum Gasteiger partial charge on any atom is -0.317 e. The molecule has 0 bridgehead atoms. The number of hydrogen-bond acceptors (Lipinski definition) is 2. The Morgan fingerprint density at radius 2 is 2.07 bits per heavy atom. The zero-order chi connectivity index (χ0) is 9.97.